The first kappa shape index (κ1) is 17.5. The number of ketones is 1. The van der Waals surface area contributed by atoms with Crippen molar-refractivity contribution in [2.75, 3.05) is 14.1 Å². The van der Waals surface area contributed by atoms with E-state index in [1.54, 1.807) is 13.3 Å². The molecule has 0 amide bonds. The van der Waals surface area contributed by atoms with E-state index in [0.29, 0.717) is 18.4 Å². The summed E-state index contributed by atoms with van der Waals surface area (Å²) in [5, 5.41) is 0. The Kier molecular flexibility index (Phi) is 4.74. The van der Waals surface area contributed by atoms with Gasteiger partial charge < -0.3 is 19.4 Å². The zero-order valence-electron chi connectivity index (χ0n) is 16.0. The first-order chi connectivity index (χ1) is 12.5. The SMILES string of the molecule is CC(=O)C[C@H]1CCc2cc3[nH]cnc(OC4CCC(N(C)C)CC4)c-3c21. The Morgan fingerprint density at radius 1 is 1.27 bits per heavy atom. The van der Waals surface area contributed by atoms with Crippen molar-refractivity contribution in [2.24, 2.45) is 0 Å². The summed E-state index contributed by atoms with van der Waals surface area (Å²) in [7, 11) is 4.32. The van der Waals surface area contributed by atoms with E-state index in [-0.39, 0.29) is 11.9 Å². The topological polar surface area (TPSA) is 58.2 Å². The fourth-order valence-electron chi connectivity index (χ4n) is 4.82. The van der Waals surface area contributed by atoms with Crippen LogP contribution in [-0.2, 0) is 11.2 Å². The molecule has 0 unspecified atom stereocenters. The van der Waals surface area contributed by atoms with Crippen LogP contribution in [0, 0.1) is 0 Å². The lowest BCUT2D eigenvalue weighted by atomic mass is 9.92. The minimum atomic E-state index is 0.238. The Hall–Kier alpha value is -1.88. The number of carbonyl (C=O) groups excluding carboxylic acids is 1. The molecule has 0 aromatic carbocycles. The molecular weight excluding hydrogens is 326 g/mol. The Morgan fingerprint density at radius 2 is 2.04 bits per heavy atom. The molecule has 0 aromatic rings. The van der Waals surface area contributed by atoms with Crippen molar-refractivity contribution < 1.29 is 9.53 Å². The Morgan fingerprint density at radius 3 is 2.73 bits per heavy atom. The predicted octanol–water partition coefficient (Wildman–Crippen LogP) is 3.78. The molecule has 1 aliphatic heterocycles. The highest BCUT2D eigenvalue weighted by molar-refractivity contribution is 5.81. The van der Waals surface area contributed by atoms with E-state index in [0.717, 1.165) is 42.8 Å². The number of rotatable bonds is 5. The number of carbonyl (C=O) groups is 1. The van der Waals surface area contributed by atoms with Crippen molar-refractivity contribution in [1.29, 1.82) is 0 Å². The molecule has 0 saturated heterocycles. The van der Waals surface area contributed by atoms with E-state index in [1.165, 1.54) is 24.0 Å². The maximum Gasteiger partial charge on any atom is 0.224 e. The zero-order chi connectivity index (χ0) is 18.3. The predicted molar refractivity (Wildman–Crippen MR) is 102 cm³/mol. The summed E-state index contributed by atoms with van der Waals surface area (Å²) in [5.74, 6) is 1.32. The monoisotopic (exact) mass is 355 g/mol. The van der Waals surface area contributed by atoms with Crippen LogP contribution in [0.15, 0.2) is 12.4 Å². The van der Waals surface area contributed by atoms with Gasteiger partial charge in [0, 0.05) is 12.5 Å². The third-order valence-corrected chi connectivity index (χ3v) is 6.18. The van der Waals surface area contributed by atoms with Crippen LogP contribution in [0.3, 0.4) is 0 Å². The Balaban J connectivity index is 1.58. The Labute approximate surface area is 155 Å². The molecule has 1 atom stereocenters. The van der Waals surface area contributed by atoms with Gasteiger partial charge in [-0.05, 0) is 82.7 Å². The van der Waals surface area contributed by atoms with Crippen molar-refractivity contribution in [3.8, 4) is 17.1 Å². The molecule has 5 nitrogen and oxygen atoms in total. The number of H-pyrrole nitrogens is 1. The van der Waals surface area contributed by atoms with Gasteiger partial charge >= 0.3 is 0 Å². The second kappa shape index (κ2) is 7.03. The third-order valence-electron chi connectivity index (χ3n) is 6.18. The third kappa shape index (κ3) is 3.25. The van der Waals surface area contributed by atoms with Gasteiger partial charge in [0.2, 0.25) is 5.88 Å². The normalized spacial score (nSPS) is 25.6. The van der Waals surface area contributed by atoms with Crippen LogP contribution in [-0.4, -0.2) is 46.9 Å². The van der Waals surface area contributed by atoms with Gasteiger partial charge in [-0.2, -0.15) is 0 Å². The standard InChI is InChI=1S/C21H29N3O2/c1-13(25)10-14-4-5-15-11-18-20(19(14)15)21(23-12-22-18)26-17-8-6-16(7-9-17)24(2)3/h11-12,14,16-17H,4-10H2,1-3H3,(H,22,23)/t14-,16?,17?/m1/s1. The molecule has 0 spiro atoms. The van der Waals surface area contributed by atoms with Gasteiger partial charge in [-0.1, -0.05) is 0 Å². The van der Waals surface area contributed by atoms with Gasteiger partial charge in [0.05, 0.1) is 17.6 Å². The number of ether oxygens (including phenoxy) is 1. The number of aromatic amines is 1. The van der Waals surface area contributed by atoms with Gasteiger partial charge in [0.25, 0.3) is 0 Å². The summed E-state index contributed by atoms with van der Waals surface area (Å²) < 4.78 is 6.40. The second-order valence-corrected chi connectivity index (χ2v) is 8.23. The quantitative estimate of drug-likeness (QED) is 0.887. The lowest BCUT2D eigenvalue weighted by molar-refractivity contribution is -0.117. The zero-order valence-corrected chi connectivity index (χ0v) is 16.0. The number of aromatic nitrogens is 2. The second-order valence-electron chi connectivity index (χ2n) is 8.23. The van der Waals surface area contributed by atoms with Crippen LogP contribution in [0.1, 0.15) is 62.5 Å². The van der Waals surface area contributed by atoms with E-state index in [2.05, 4.69) is 35.0 Å². The molecule has 0 radical (unpaired) electrons. The maximum atomic E-state index is 11.7. The van der Waals surface area contributed by atoms with Crippen molar-refractivity contribution in [2.45, 2.75) is 69.9 Å². The first-order valence-electron chi connectivity index (χ1n) is 9.84. The average molecular weight is 355 g/mol. The van der Waals surface area contributed by atoms with Crippen LogP contribution < -0.4 is 4.74 Å². The van der Waals surface area contributed by atoms with E-state index < -0.39 is 0 Å². The summed E-state index contributed by atoms with van der Waals surface area (Å²) >= 11 is 0. The smallest absolute Gasteiger partial charge is 0.224 e. The van der Waals surface area contributed by atoms with Crippen molar-refractivity contribution in [1.82, 2.24) is 14.9 Å². The first-order valence-corrected chi connectivity index (χ1v) is 9.84. The summed E-state index contributed by atoms with van der Waals surface area (Å²) in [6.45, 7) is 1.69. The highest BCUT2D eigenvalue weighted by Crippen LogP contribution is 2.48. The number of Topliss-reactive ketones (excluding diaryl/α,β-unsaturated/α-hetero) is 1. The molecule has 140 valence electrons. The Bertz CT molecular complexity index is 759. The molecule has 1 N–H and O–H groups in total. The molecule has 0 aromatic heterocycles. The number of aryl methyl sites for hydroxylation is 1. The van der Waals surface area contributed by atoms with Gasteiger partial charge in [0.15, 0.2) is 0 Å². The summed E-state index contributed by atoms with van der Waals surface area (Å²) in [5.41, 5.74) is 4.87. The number of nitrogens with one attached hydrogen (secondary N) is 1. The van der Waals surface area contributed by atoms with Crippen LogP contribution >= 0.6 is 0 Å². The fourth-order valence-corrected chi connectivity index (χ4v) is 4.82. The molecule has 1 fully saturated rings. The molecule has 1 saturated carbocycles. The number of nitrogens with zero attached hydrogens (tertiary/aromatic N) is 2. The van der Waals surface area contributed by atoms with Gasteiger partial charge in [-0.3, -0.25) is 0 Å². The molecule has 4 aliphatic rings. The highest BCUT2D eigenvalue weighted by Gasteiger charge is 2.33. The van der Waals surface area contributed by atoms with Crippen LogP contribution in [0.2, 0.25) is 0 Å². The van der Waals surface area contributed by atoms with Gasteiger partial charge in [0.1, 0.15) is 11.9 Å². The minimum absolute atomic E-state index is 0.238. The van der Waals surface area contributed by atoms with E-state index >= 15 is 0 Å². The number of hydrogen-bond donors (Lipinski definition) is 1. The number of fused-ring (bicyclic) bond motifs is 3. The van der Waals surface area contributed by atoms with Crippen molar-refractivity contribution >= 4 is 5.78 Å². The summed E-state index contributed by atoms with van der Waals surface area (Å²) in [4.78, 5) is 21.8. The molecule has 5 heteroatoms. The maximum absolute atomic E-state index is 11.7. The van der Waals surface area contributed by atoms with E-state index in [9.17, 15) is 4.79 Å². The fraction of sp³-hybridized carbons (Fsp3) is 0.619. The van der Waals surface area contributed by atoms with Gasteiger partial charge in [-0.25, -0.2) is 4.98 Å². The van der Waals surface area contributed by atoms with Crippen LogP contribution in [0.4, 0.5) is 0 Å². The molecule has 3 aliphatic carbocycles. The van der Waals surface area contributed by atoms with E-state index in [4.69, 9.17) is 4.74 Å². The van der Waals surface area contributed by atoms with E-state index in [1.807, 2.05) is 0 Å². The lowest BCUT2D eigenvalue weighted by Crippen LogP contribution is -2.35. The summed E-state index contributed by atoms with van der Waals surface area (Å²) in [6, 6.07) is 2.89. The van der Waals surface area contributed by atoms with Crippen molar-refractivity contribution in [3.63, 3.8) is 0 Å². The van der Waals surface area contributed by atoms with Crippen molar-refractivity contribution in [3.05, 3.63) is 23.5 Å². The van der Waals surface area contributed by atoms with Crippen LogP contribution in [0.25, 0.3) is 11.3 Å². The molecule has 26 heavy (non-hydrogen) atoms. The average Bonchev–Trinajstić information content (AvgIpc) is 3.15. The molecular formula is C21H29N3O2. The largest absolute Gasteiger partial charge is 0.474 e. The molecule has 4 rings (SSSR count). The van der Waals surface area contributed by atoms with Crippen LogP contribution in [0.5, 0.6) is 5.88 Å². The minimum Gasteiger partial charge on any atom is -0.474 e. The lowest BCUT2D eigenvalue weighted by Gasteiger charge is -2.32. The molecule has 0 bridgehead atoms. The molecule has 1 heterocycles. The number of hydrogen-bond acceptors (Lipinski definition) is 4. The highest BCUT2D eigenvalue weighted by atomic mass is 16.5. The summed E-state index contributed by atoms with van der Waals surface area (Å²) in [6.07, 6.45) is 9.19. The van der Waals surface area contributed by atoms with Gasteiger partial charge in [-0.15, -0.1) is 0 Å².